The first-order valence-corrected chi connectivity index (χ1v) is 11.8. The smallest absolute Gasteiger partial charge is 0.410 e. The van der Waals surface area contributed by atoms with Crippen LogP contribution < -0.4 is 4.74 Å². The molecule has 0 aromatic heterocycles. The maximum Gasteiger partial charge on any atom is 0.410 e. The van der Waals surface area contributed by atoms with Crippen molar-refractivity contribution in [1.82, 2.24) is 4.90 Å². The summed E-state index contributed by atoms with van der Waals surface area (Å²) in [5, 5.41) is 9.41. The van der Waals surface area contributed by atoms with Crippen molar-refractivity contribution in [3.05, 3.63) is 102 Å². The van der Waals surface area contributed by atoms with Gasteiger partial charge in [-0.25, -0.2) is 4.79 Å². The van der Waals surface area contributed by atoms with Gasteiger partial charge in [-0.05, 0) is 41.3 Å². The van der Waals surface area contributed by atoms with Crippen molar-refractivity contribution in [2.75, 3.05) is 20.5 Å². The van der Waals surface area contributed by atoms with E-state index < -0.39 is 18.0 Å². The fourth-order valence-corrected chi connectivity index (χ4v) is 3.98. The van der Waals surface area contributed by atoms with E-state index in [9.17, 15) is 14.7 Å². The molecule has 1 aliphatic rings. The molecule has 8 heteroatoms. The number of amides is 1. The fourth-order valence-electron chi connectivity index (χ4n) is 3.98. The van der Waals surface area contributed by atoms with Gasteiger partial charge in [0.25, 0.3) is 0 Å². The Bertz CT molecular complexity index is 1270. The van der Waals surface area contributed by atoms with Crippen LogP contribution in [0.15, 0.2) is 84.8 Å². The van der Waals surface area contributed by atoms with Crippen LogP contribution in [0.25, 0.3) is 11.1 Å². The summed E-state index contributed by atoms with van der Waals surface area (Å²) in [5.41, 5.74) is 4.19. The van der Waals surface area contributed by atoms with E-state index in [0.717, 1.165) is 22.3 Å². The van der Waals surface area contributed by atoms with Gasteiger partial charge in [-0.3, -0.25) is 9.69 Å². The third-order valence-electron chi connectivity index (χ3n) is 6.07. The summed E-state index contributed by atoms with van der Waals surface area (Å²) in [6.45, 7) is 2.29. The summed E-state index contributed by atoms with van der Waals surface area (Å²) in [5.74, 6) is -0.436. The highest BCUT2D eigenvalue weighted by atomic mass is 16.7. The minimum atomic E-state index is -0.882. The monoisotopic (exact) mass is 503 g/mol. The van der Waals surface area contributed by atoms with Crippen molar-refractivity contribution in [2.24, 2.45) is 0 Å². The molecule has 192 valence electrons. The second-order valence-corrected chi connectivity index (χ2v) is 8.62. The Hall–Kier alpha value is -4.46. The quantitative estimate of drug-likeness (QED) is 0.388. The standard InChI is InChI=1S/C29H29NO7/c1-20(28(31)32)22-9-6-10-23(13-22)24-11-12-27(34-2)25(14-24)16-30(15-21-7-4-3-5-8-21)29(33)36-18-26-17-35-19-37-26/h3-14,17,20H,15-16,18-19H2,1-2H3,(H,31,32). The predicted molar refractivity (Wildman–Crippen MR) is 137 cm³/mol. The molecule has 3 aromatic rings. The molecular formula is C29H29NO7. The normalized spacial score (nSPS) is 13.1. The zero-order chi connectivity index (χ0) is 26.2. The first-order valence-electron chi connectivity index (χ1n) is 11.8. The molecule has 1 amide bonds. The SMILES string of the molecule is COc1ccc(-c2cccc(C(C)C(=O)O)c2)cc1CN(Cc1ccccc1)C(=O)OCC1=COCO1. The summed E-state index contributed by atoms with van der Waals surface area (Å²) >= 11 is 0. The molecule has 4 rings (SSSR count). The van der Waals surface area contributed by atoms with E-state index in [0.29, 0.717) is 23.6 Å². The maximum absolute atomic E-state index is 13.1. The van der Waals surface area contributed by atoms with Crippen molar-refractivity contribution >= 4 is 12.1 Å². The van der Waals surface area contributed by atoms with Gasteiger partial charge in [0.1, 0.15) is 12.0 Å². The largest absolute Gasteiger partial charge is 0.496 e. The van der Waals surface area contributed by atoms with Crippen LogP contribution in [0.1, 0.15) is 29.5 Å². The van der Waals surface area contributed by atoms with Gasteiger partial charge < -0.3 is 24.1 Å². The molecule has 0 fully saturated rings. The zero-order valence-electron chi connectivity index (χ0n) is 20.8. The number of hydrogen-bond donors (Lipinski definition) is 1. The Kier molecular flexibility index (Phi) is 8.30. The van der Waals surface area contributed by atoms with E-state index in [4.69, 9.17) is 18.9 Å². The summed E-state index contributed by atoms with van der Waals surface area (Å²) in [7, 11) is 1.58. The Morgan fingerprint density at radius 3 is 2.49 bits per heavy atom. The average Bonchev–Trinajstić information content (AvgIpc) is 3.45. The maximum atomic E-state index is 13.1. The molecule has 1 aliphatic heterocycles. The van der Waals surface area contributed by atoms with Crippen LogP contribution in [-0.2, 0) is 32.1 Å². The first-order chi connectivity index (χ1) is 17.9. The average molecular weight is 504 g/mol. The van der Waals surface area contributed by atoms with E-state index >= 15 is 0 Å². The molecule has 0 spiro atoms. The second-order valence-electron chi connectivity index (χ2n) is 8.62. The molecule has 0 bridgehead atoms. The minimum absolute atomic E-state index is 0.0319. The molecule has 0 radical (unpaired) electrons. The highest BCUT2D eigenvalue weighted by Crippen LogP contribution is 2.30. The molecule has 3 aromatic carbocycles. The molecule has 1 atom stereocenters. The van der Waals surface area contributed by atoms with Crippen molar-refractivity contribution in [2.45, 2.75) is 25.9 Å². The zero-order valence-corrected chi connectivity index (χ0v) is 20.8. The van der Waals surface area contributed by atoms with Crippen molar-refractivity contribution in [3.63, 3.8) is 0 Å². The van der Waals surface area contributed by atoms with E-state index in [1.54, 1.807) is 25.0 Å². The molecule has 0 saturated heterocycles. The van der Waals surface area contributed by atoms with Crippen LogP contribution in [0, 0.1) is 0 Å². The van der Waals surface area contributed by atoms with Gasteiger partial charge in [0.15, 0.2) is 12.4 Å². The number of aliphatic carboxylic acids is 1. The molecule has 0 saturated carbocycles. The van der Waals surface area contributed by atoms with Gasteiger partial charge in [-0.2, -0.15) is 0 Å². The number of carboxylic acid groups (broad SMARTS) is 1. The molecule has 1 N–H and O–H groups in total. The van der Waals surface area contributed by atoms with Crippen molar-refractivity contribution in [3.8, 4) is 16.9 Å². The summed E-state index contributed by atoms with van der Waals surface area (Å²) in [6.07, 6.45) is 0.922. The van der Waals surface area contributed by atoms with E-state index in [2.05, 4.69) is 0 Å². The van der Waals surface area contributed by atoms with Crippen LogP contribution in [-0.4, -0.2) is 42.6 Å². The number of carbonyl (C=O) groups is 2. The Balaban J connectivity index is 1.61. The number of methoxy groups -OCH3 is 1. The minimum Gasteiger partial charge on any atom is -0.496 e. The topological polar surface area (TPSA) is 94.5 Å². The number of carbonyl (C=O) groups excluding carboxylic acids is 1. The summed E-state index contributed by atoms with van der Waals surface area (Å²) in [4.78, 5) is 26.2. The molecule has 0 aliphatic carbocycles. The van der Waals surface area contributed by atoms with Gasteiger partial charge in [-0.1, -0.05) is 60.7 Å². The van der Waals surface area contributed by atoms with Crippen LogP contribution in [0.4, 0.5) is 4.79 Å². The molecule has 37 heavy (non-hydrogen) atoms. The number of benzene rings is 3. The van der Waals surface area contributed by atoms with E-state index in [1.165, 1.54) is 6.26 Å². The lowest BCUT2D eigenvalue weighted by atomic mass is 9.95. The van der Waals surface area contributed by atoms with Crippen LogP contribution >= 0.6 is 0 Å². The van der Waals surface area contributed by atoms with Gasteiger partial charge in [0, 0.05) is 12.1 Å². The Morgan fingerprint density at radius 2 is 1.78 bits per heavy atom. The Labute approximate surface area is 215 Å². The lowest BCUT2D eigenvalue weighted by Crippen LogP contribution is -2.31. The number of rotatable bonds is 10. The van der Waals surface area contributed by atoms with Gasteiger partial charge >= 0.3 is 12.1 Å². The Morgan fingerprint density at radius 1 is 1.00 bits per heavy atom. The molecule has 1 unspecified atom stereocenters. The second kappa shape index (κ2) is 12.0. The number of ether oxygens (including phenoxy) is 4. The predicted octanol–water partition coefficient (Wildman–Crippen LogP) is 5.53. The third kappa shape index (κ3) is 6.61. The van der Waals surface area contributed by atoms with Gasteiger partial charge in [0.2, 0.25) is 6.79 Å². The molecule has 1 heterocycles. The fraction of sp³-hybridized carbons (Fsp3) is 0.241. The van der Waals surface area contributed by atoms with Crippen LogP contribution in [0.2, 0.25) is 0 Å². The number of hydrogen-bond acceptors (Lipinski definition) is 6. The lowest BCUT2D eigenvalue weighted by molar-refractivity contribution is -0.138. The number of nitrogens with zero attached hydrogens (tertiary/aromatic N) is 1. The van der Waals surface area contributed by atoms with Gasteiger partial charge in [0.05, 0.1) is 19.6 Å². The van der Waals surface area contributed by atoms with Crippen molar-refractivity contribution in [1.29, 1.82) is 0 Å². The molecule has 8 nitrogen and oxygen atoms in total. The van der Waals surface area contributed by atoms with Crippen molar-refractivity contribution < 1.29 is 33.6 Å². The summed E-state index contributed by atoms with van der Waals surface area (Å²) in [6, 6.07) is 22.8. The first kappa shape index (κ1) is 25.6. The van der Waals surface area contributed by atoms with Gasteiger partial charge in [-0.15, -0.1) is 0 Å². The summed E-state index contributed by atoms with van der Waals surface area (Å²) < 4.78 is 21.4. The van der Waals surface area contributed by atoms with E-state index in [-0.39, 0.29) is 19.9 Å². The van der Waals surface area contributed by atoms with E-state index in [1.807, 2.05) is 66.7 Å². The van der Waals surface area contributed by atoms with Crippen LogP contribution in [0.5, 0.6) is 5.75 Å². The number of carboxylic acids is 1. The highest BCUT2D eigenvalue weighted by Gasteiger charge is 2.21. The highest BCUT2D eigenvalue weighted by molar-refractivity contribution is 5.77. The van der Waals surface area contributed by atoms with Crippen LogP contribution in [0.3, 0.4) is 0 Å². The molecular weight excluding hydrogens is 474 g/mol. The third-order valence-corrected chi connectivity index (χ3v) is 6.07. The lowest BCUT2D eigenvalue weighted by Gasteiger charge is -2.24.